The summed E-state index contributed by atoms with van der Waals surface area (Å²) in [6.45, 7) is 2.47. The van der Waals surface area contributed by atoms with Gasteiger partial charge in [-0.2, -0.15) is 0 Å². The molecule has 2 heterocycles. The summed E-state index contributed by atoms with van der Waals surface area (Å²) in [4.78, 5) is 26.4. The van der Waals surface area contributed by atoms with E-state index in [0.717, 1.165) is 12.8 Å². The molecule has 6 nitrogen and oxygen atoms in total. The Labute approximate surface area is 173 Å². The van der Waals surface area contributed by atoms with Crippen molar-refractivity contribution in [3.63, 3.8) is 0 Å². The Morgan fingerprint density at radius 1 is 1.30 bits per heavy atom. The first-order valence-electron chi connectivity index (χ1n) is 9.87. The zero-order chi connectivity index (χ0) is 21.4. The summed E-state index contributed by atoms with van der Waals surface area (Å²) in [5.41, 5.74) is 1.95. The number of phenolic OH excluding ortho intramolecular Hbond substituents is 1. The van der Waals surface area contributed by atoms with Crippen LogP contribution in [0.1, 0.15) is 46.3 Å². The molecule has 30 heavy (non-hydrogen) atoms. The van der Waals surface area contributed by atoms with E-state index in [0.29, 0.717) is 35.2 Å². The molecule has 2 aromatic carbocycles. The molecule has 1 atom stereocenters. The quantitative estimate of drug-likeness (QED) is 0.743. The zero-order valence-electron chi connectivity index (χ0n) is 16.5. The first kappa shape index (κ1) is 20.1. The van der Waals surface area contributed by atoms with E-state index in [4.69, 9.17) is 4.74 Å². The third-order valence-electron chi connectivity index (χ3n) is 5.65. The second-order valence-electron chi connectivity index (χ2n) is 7.71. The number of aliphatic carboxylic acids is 1. The fourth-order valence-corrected chi connectivity index (χ4v) is 4.11. The average molecular weight is 411 g/mol. The van der Waals surface area contributed by atoms with Gasteiger partial charge in [0.2, 0.25) is 5.78 Å². The lowest BCUT2D eigenvalue weighted by atomic mass is 9.97. The molecule has 2 N–H and O–H groups in total. The van der Waals surface area contributed by atoms with Crippen molar-refractivity contribution < 1.29 is 28.9 Å². The molecule has 2 aliphatic rings. The van der Waals surface area contributed by atoms with Gasteiger partial charge < -0.3 is 14.9 Å². The molecule has 0 aliphatic carbocycles. The van der Waals surface area contributed by atoms with E-state index < -0.39 is 12.0 Å². The zero-order valence-corrected chi connectivity index (χ0v) is 16.5. The first-order valence-corrected chi connectivity index (χ1v) is 9.87. The minimum absolute atomic E-state index is 0.0307. The van der Waals surface area contributed by atoms with Crippen molar-refractivity contribution in [1.82, 2.24) is 4.90 Å². The number of carboxylic acids is 1. The third kappa shape index (κ3) is 3.68. The van der Waals surface area contributed by atoms with Gasteiger partial charge in [-0.25, -0.2) is 4.39 Å². The van der Waals surface area contributed by atoms with Crippen molar-refractivity contribution in [2.75, 3.05) is 6.54 Å². The predicted octanol–water partition coefficient (Wildman–Crippen LogP) is 3.90. The van der Waals surface area contributed by atoms with E-state index in [1.165, 1.54) is 24.3 Å². The molecule has 0 bridgehead atoms. The molecule has 1 saturated heterocycles. The van der Waals surface area contributed by atoms with Crippen LogP contribution in [0.2, 0.25) is 0 Å². The van der Waals surface area contributed by atoms with Crippen LogP contribution in [0.25, 0.3) is 6.08 Å². The molecule has 0 radical (unpaired) electrons. The number of rotatable bonds is 4. The number of carbonyl (C=O) groups is 2. The maximum absolute atomic E-state index is 13.2. The molecule has 0 unspecified atom stereocenters. The highest BCUT2D eigenvalue weighted by atomic mass is 19.1. The molecule has 0 saturated carbocycles. The van der Waals surface area contributed by atoms with Gasteiger partial charge in [0.15, 0.2) is 5.76 Å². The number of nitrogens with zero attached hydrogens (tertiary/aromatic N) is 1. The number of allylic oxidation sites excluding steroid dienone is 1. The maximum Gasteiger partial charge on any atom is 0.320 e. The summed E-state index contributed by atoms with van der Waals surface area (Å²) < 4.78 is 19.0. The number of phenols is 1. The van der Waals surface area contributed by atoms with E-state index in [-0.39, 0.29) is 35.4 Å². The summed E-state index contributed by atoms with van der Waals surface area (Å²) in [5.74, 6) is -1.28. The monoisotopic (exact) mass is 411 g/mol. The number of Topliss-reactive ketones (excluding diaryl/α,β-unsaturated/α-hetero) is 1. The predicted molar refractivity (Wildman–Crippen MR) is 108 cm³/mol. The van der Waals surface area contributed by atoms with E-state index in [2.05, 4.69) is 0 Å². The highest BCUT2D eigenvalue weighted by Gasteiger charge is 2.36. The number of aromatic hydroxyl groups is 1. The molecule has 2 aromatic rings. The Morgan fingerprint density at radius 3 is 2.73 bits per heavy atom. The average Bonchev–Trinajstić information content (AvgIpc) is 3.03. The smallest absolute Gasteiger partial charge is 0.320 e. The summed E-state index contributed by atoms with van der Waals surface area (Å²) >= 11 is 0. The fraction of sp³-hybridized carbons (Fsp3) is 0.304. The number of fused-ring (bicyclic) bond motifs is 1. The van der Waals surface area contributed by atoms with Gasteiger partial charge in [-0.3, -0.25) is 14.5 Å². The van der Waals surface area contributed by atoms with Gasteiger partial charge in [0.25, 0.3) is 0 Å². The Balaban J connectivity index is 1.70. The number of ether oxygens (including phenoxy) is 1. The van der Waals surface area contributed by atoms with Gasteiger partial charge in [-0.15, -0.1) is 0 Å². The second kappa shape index (κ2) is 7.91. The van der Waals surface area contributed by atoms with Gasteiger partial charge in [-0.1, -0.05) is 18.6 Å². The van der Waals surface area contributed by atoms with Crippen LogP contribution in [0, 0.1) is 12.7 Å². The van der Waals surface area contributed by atoms with Crippen LogP contribution in [0.5, 0.6) is 11.5 Å². The molecule has 4 rings (SSSR count). The number of carbonyl (C=O) groups excluding carboxylic acids is 1. The molecule has 156 valence electrons. The van der Waals surface area contributed by atoms with Crippen molar-refractivity contribution >= 4 is 17.8 Å². The summed E-state index contributed by atoms with van der Waals surface area (Å²) in [6.07, 6.45) is 3.78. The summed E-state index contributed by atoms with van der Waals surface area (Å²) in [5, 5.41) is 20.1. The number of ketones is 1. The third-order valence-corrected chi connectivity index (χ3v) is 5.65. The Kier molecular flexibility index (Phi) is 5.30. The lowest BCUT2D eigenvalue weighted by Gasteiger charge is -2.33. The molecular weight excluding hydrogens is 389 g/mol. The van der Waals surface area contributed by atoms with Gasteiger partial charge in [0, 0.05) is 6.54 Å². The molecule has 0 spiro atoms. The number of likely N-dealkylation sites (tertiary alicyclic amines) is 1. The minimum Gasteiger partial charge on any atom is -0.507 e. The largest absolute Gasteiger partial charge is 0.507 e. The minimum atomic E-state index is -0.896. The Hall–Kier alpha value is -3.19. The van der Waals surface area contributed by atoms with Crippen LogP contribution in [-0.4, -0.2) is 39.5 Å². The second-order valence-corrected chi connectivity index (χ2v) is 7.71. The van der Waals surface area contributed by atoms with Crippen LogP contribution in [0.15, 0.2) is 36.1 Å². The lowest BCUT2D eigenvalue weighted by Crippen LogP contribution is -2.44. The van der Waals surface area contributed by atoms with Gasteiger partial charge in [0.1, 0.15) is 23.4 Å². The topological polar surface area (TPSA) is 87.1 Å². The number of halogens is 1. The maximum atomic E-state index is 13.2. The Morgan fingerprint density at radius 2 is 2.03 bits per heavy atom. The van der Waals surface area contributed by atoms with E-state index in [1.54, 1.807) is 24.0 Å². The van der Waals surface area contributed by atoms with Gasteiger partial charge in [-0.05, 0) is 61.7 Å². The number of hydrogen-bond acceptors (Lipinski definition) is 5. The molecular formula is C23H22FNO5. The summed E-state index contributed by atoms with van der Waals surface area (Å²) in [6, 6.07) is 6.54. The van der Waals surface area contributed by atoms with Crippen LogP contribution in [0.4, 0.5) is 4.39 Å². The number of benzene rings is 2. The van der Waals surface area contributed by atoms with Crippen molar-refractivity contribution in [2.45, 2.75) is 38.8 Å². The van der Waals surface area contributed by atoms with E-state index in [1.807, 2.05) is 0 Å². The van der Waals surface area contributed by atoms with Crippen molar-refractivity contribution in [3.8, 4) is 11.5 Å². The summed E-state index contributed by atoms with van der Waals surface area (Å²) in [7, 11) is 0. The molecule has 7 heteroatoms. The van der Waals surface area contributed by atoms with Gasteiger partial charge in [0.05, 0.1) is 11.1 Å². The highest BCUT2D eigenvalue weighted by Crippen LogP contribution is 2.42. The molecule has 0 amide bonds. The molecule has 2 aliphatic heterocycles. The van der Waals surface area contributed by atoms with Crippen molar-refractivity contribution in [3.05, 3.63) is 64.2 Å². The number of aryl methyl sites for hydroxylation is 1. The first-order chi connectivity index (χ1) is 14.3. The molecule has 0 aromatic heterocycles. The van der Waals surface area contributed by atoms with E-state index >= 15 is 0 Å². The fourth-order valence-electron chi connectivity index (χ4n) is 4.11. The number of carboxylic acid groups (broad SMARTS) is 1. The van der Waals surface area contributed by atoms with Crippen molar-refractivity contribution in [2.24, 2.45) is 0 Å². The van der Waals surface area contributed by atoms with Crippen LogP contribution >= 0.6 is 0 Å². The normalized spacial score (nSPS) is 20.3. The Bertz CT molecular complexity index is 1040. The van der Waals surface area contributed by atoms with E-state index in [9.17, 15) is 24.2 Å². The van der Waals surface area contributed by atoms with Crippen LogP contribution in [0.3, 0.4) is 0 Å². The number of hydrogen-bond donors (Lipinski definition) is 2. The van der Waals surface area contributed by atoms with Crippen molar-refractivity contribution in [1.29, 1.82) is 0 Å². The lowest BCUT2D eigenvalue weighted by molar-refractivity contribution is -0.144. The van der Waals surface area contributed by atoms with Gasteiger partial charge >= 0.3 is 5.97 Å². The SMILES string of the molecule is Cc1cc(O)c(CN2CCCC[C@H]2C(=O)O)c2c1C(=O)/C(=C/c1ccc(F)cc1)O2. The molecule has 1 fully saturated rings. The van der Waals surface area contributed by atoms with Crippen LogP contribution < -0.4 is 4.74 Å². The van der Waals surface area contributed by atoms with Crippen LogP contribution in [-0.2, 0) is 11.3 Å². The standard InChI is InChI=1S/C23H22FNO5/c1-13-10-18(26)16(12-25-9-3-2-4-17(25)23(28)29)22-20(13)21(27)19(30-22)11-14-5-7-15(24)8-6-14/h5-8,10-11,17,26H,2-4,9,12H2,1H3,(H,28,29)/b19-11-/t17-/m0/s1. The highest BCUT2D eigenvalue weighted by molar-refractivity contribution is 6.15. The number of piperidine rings is 1.